The number of nitrogens with two attached hydrogens (primary N) is 1. The minimum Gasteiger partial charge on any atom is -0.366 e. The molecule has 0 saturated carbocycles. The van der Waals surface area contributed by atoms with Crippen molar-refractivity contribution in [3.05, 3.63) is 54.5 Å². The summed E-state index contributed by atoms with van der Waals surface area (Å²) in [6.07, 6.45) is 3.04. The van der Waals surface area contributed by atoms with Gasteiger partial charge in [0.15, 0.2) is 5.65 Å². The van der Waals surface area contributed by atoms with Gasteiger partial charge in [-0.05, 0) is 34.2 Å². The first-order chi connectivity index (χ1) is 13.1. The summed E-state index contributed by atoms with van der Waals surface area (Å²) in [6.45, 7) is -0.0558. The van der Waals surface area contributed by atoms with Gasteiger partial charge in [-0.25, -0.2) is 9.20 Å². The highest BCUT2D eigenvalue weighted by atomic mass is 16.2. The first-order valence-corrected chi connectivity index (χ1v) is 7.86. The Morgan fingerprint density at radius 3 is 2.78 bits per heavy atom. The van der Waals surface area contributed by atoms with Crippen molar-refractivity contribution in [3.63, 3.8) is 0 Å². The molecule has 0 spiro atoms. The van der Waals surface area contributed by atoms with Crippen molar-refractivity contribution in [2.45, 2.75) is 6.54 Å². The van der Waals surface area contributed by atoms with Crippen molar-refractivity contribution in [1.82, 2.24) is 34.8 Å². The van der Waals surface area contributed by atoms with Gasteiger partial charge < -0.3 is 5.73 Å². The highest BCUT2D eigenvalue weighted by Gasteiger charge is 2.12. The second-order valence-electron chi connectivity index (χ2n) is 5.62. The van der Waals surface area contributed by atoms with Crippen molar-refractivity contribution in [2.75, 3.05) is 5.32 Å². The van der Waals surface area contributed by atoms with Gasteiger partial charge in [-0.1, -0.05) is 18.2 Å². The van der Waals surface area contributed by atoms with Crippen LogP contribution in [0.5, 0.6) is 0 Å². The van der Waals surface area contributed by atoms with Gasteiger partial charge >= 0.3 is 0 Å². The second kappa shape index (κ2) is 6.63. The van der Waals surface area contributed by atoms with E-state index in [1.807, 2.05) is 6.07 Å². The highest BCUT2D eigenvalue weighted by molar-refractivity contribution is 5.99. The van der Waals surface area contributed by atoms with Crippen LogP contribution in [-0.4, -0.2) is 46.6 Å². The molecule has 4 rings (SSSR count). The predicted molar refractivity (Wildman–Crippen MR) is 93.4 cm³/mol. The maximum Gasteiger partial charge on any atom is 0.249 e. The molecule has 0 atom stereocenters. The van der Waals surface area contributed by atoms with E-state index in [4.69, 9.17) is 5.73 Å². The Hall–Kier alpha value is -4.15. The SMILES string of the molecule is NC(=O)c1ccccc1-c1ccc2nc(NC(=O)Cn3cnnn3)nn2c1. The van der Waals surface area contributed by atoms with Crippen molar-refractivity contribution in [3.8, 4) is 11.1 Å². The molecule has 2 amide bonds. The zero-order valence-electron chi connectivity index (χ0n) is 13.9. The number of carbonyl (C=O) groups excluding carboxylic acids is 2. The van der Waals surface area contributed by atoms with Crippen LogP contribution >= 0.6 is 0 Å². The second-order valence-corrected chi connectivity index (χ2v) is 5.62. The van der Waals surface area contributed by atoms with E-state index in [0.29, 0.717) is 16.8 Å². The Kier molecular flexibility index (Phi) is 4.01. The molecule has 0 bridgehead atoms. The van der Waals surface area contributed by atoms with Crippen LogP contribution in [0.3, 0.4) is 0 Å². The van der Waals surface area contributed by atoms with E-state index in [9.17, 15) is 9.59 Å². The Bertz CT molecular complexity index is 1130. The third-order valence-corrected chi connectivity index (χ3v) is 3.78. The van der Waals surface area contributed by atoms with Gasteiger partial charge in [0.2, 0.25) is 17.8 Å². The number of tetrazole rings is 1. The number of nitrogens with zero attached hydrogens (tertiary/aromatic N) is 7. The molecule has 4 aromatic rings. The lowest BCUT2D eigenvalue weighted by Crippen LogP contribution is -2.19. The molecular formula is C16H13N9O2. The van der Waals surface area contributed by atoms with Gasteiger partial charge in [0.05, 0.1) is 0 Å². The molecule has 11 nitrogen and oxygen atoms in total. The summed E-state index contributed by atoms with van der Waals surface area (Å²) in [5, 5.41) is 17.4. The maximum absolute atomic E-state index is 12.0. The first kappa shape index (κ1) is 16.3. The quantitative estimate of drug-likeness (QED) is 0.512. The molecule has 0 aliphatic rings. The number of nitrogens with one attached hydrogen (secondary N) is 1. The predicted octanol–water partition coefficient (Wildman–Crippen LogP) is 0.120. The van der Waals surface area contributed by atoms with E-state index in [0.717, 1.165) is 5.56 Å². The third kappa shape index (κ3) is 3.33. The zero-order chi connectivity index (χ0) is 18.8. The van der Waals surface area contributed by atoms with Crippen molar-refractivity contribution in [2.24, 2.45) is 5.73 Å². The molecule has 0 radical (unpaired) electrons. The van der Waals surface area contributed by atoms with Crippen LogP contribution in [0.25, 0.3) is 16.8 Å². The van der Waals surface area contributed by atoms with Crippen LogP contribution in [0.1, 0.15) is 10.4 Å². The third-order valence-electron chi connectivity index (χ3n) is 3.78. The summed E-state index contributed by atoms with van der Waals surface area (Å²) in [6, 6.07) is 10.6. The van der Waals surface area contributed by atoms with Crippen LogP contribution in [0, 0.1) is 0 Å². The Balaban J connectivity index is 1.61. The molecule has 11 heteroatoms. The maximum atomic E-state index is 12.0. The smallest absolute Gasteiger partial charge is 0.249 e. The fourth-order valence-electron chi connectivity index (χ4n) is 2.61. The summed E-state index contributed by atoms with van der Waals surface area (Å²) in [5.74, 6) is -0.731. The topological polar surface area (TPSA) is 146 Å². The Labute approximate surface area is 151 Å². The van der Waals surface area contributed by atoms with Crippen LogP contribution in [0.15, 0.2) is 48.9 Å². The average molecular weight is 363 g/mol. The van der Waals surface area contributed by atoms with Gasteiger partial charge in [-0.15, -0.1) is 10.2 Å². The van der Waals surface area contributed by atoms with Crippen LogP contribution in [0.4, 0.5) is 5.95 Å². The summed E-state index contributed by atoms with van der Waals surface area (Å²) in [7, 11) is 0. The Morgan fingerprint density at radius 1 is 1.15 bits per heavy atom. The Morgan fingerprint density at radius 2 is 2.00 bits per heavy atom. The van der Waals surface area contributed by atoms with E-state index in [2.05, 4.69) is 30.9 Å². The first-order valence-electron chi connectivity index (χ1n) is 7.86. The summed E-state index contributed by atoms with van der Waals surface area (Å²) >= 11 is 0. The van der Waals surface area contributed by atoms with E-state index in [1.54, 1.807) is 36.5 Å². The van der Waals surface area contributed by atoms with E-state index in [1.165, 1.54) is 15.5 Å². The number of anilines is 1. The summed E-state index contributed by atoms with van der Waals surface area (Å²) in [4.78, 5) is 27.9. The fraction of sp³-hybridized carbons (Fsp3) is 0.0625. The van der Waals surface area contributed by atoms with Crippen molar-refractivity contribution in [1.29, 1.82) is 0 Å². The minimum absolute atomic E-state index is 0.0558. The number of hydrogen-bond acceptors (Lipinski definition) is 7. The summed E-state index contributed by atoms with van der Waals surface area (Å²) in [5.41, 5.74) is 7.82. The van der Waals surface area contributed by atoms with Gasteiger partial charge in [0.1, 0.15) is 12.9 Å². The lowest BCUT2D eigenvalue weighted by Gasteiger charge is -2.06. The van der Waals surface area contributed by atoms with Crippen LogP contribution in [-0.2, 0) is 11.3 Å². The van der Waals surface area contributed by atoms with Gasteiger partial charge in [-0.3, -0.25) is 14.9 Å². The molecule has 0 saturated heterocycles. The number of aromatic nitrogens is 7. The molecule has 0 unspecified atom stereocenters. The molecule has 27 heavy (non-hydrogen) atoms. The molecule has 3 heterocycles. The van der Waals surface area contributed by atoms with Crippen LogP contribution < -0.4 is 11.1 Å². The number of carbonyl (C=O) groups is 2. The fourth-order valence-corrected chi connectivity index (χ4v) is 2.61. The van der Waals surface area contributed by atoms with Gasteiger partial charge in [0, 0.05) is 17.3 Å². The number of primary amides is 1. The molecule has 3 N–H and O–H groups in total. The zero-order valence-corrected chi connectivity index (χ0v) is 13.9. The molecule has 134 valence electrons. The number of amides is 2. The average Bonchev–Trinajstić information content (AvgIpc) is 3.29. The van der Waals surface area contributed by atoms with E-state index < -0.39 is 5.91 Å². The number of pyridine rings is 1. The number of rotatable bonds is 5. The molecule has 0 fully saturated rings. The number of fused-ring (bicyclic) bond motifs is 1. The molecule has 0 aliphatic carbocycles. The van der Waals surface area contributed by atoms with Crippen molar-refractivity contribution >= 4 is 23.4 Å². The molecular weight excluding hydrogens is 350 g/mol. The minimum atomic E-state index is -0.514. The lowest BCUT2D eigenvalue weighted by atomic mass is 10.0. The molecule has 3 aromatic heterocycles. The largest absolute Gasteiger partial charge is 0.366 e. The van der Waals surface area contributed by atoms with Gasteiger partial charge in [0.25, 0.3) is 0 Å². The summed E-state index contributed by atoms with van der Waals surface area (Å²) < 4.78 is 2.80. The lowest BCUT2D eigenvalue weighted by molar-refractivity contribution is -0.117. The molecule has 0 aliphatic heterocycles. The highest BCUT2D eigenvalue weighted by Crippen LogP contribution is 2.24. The van der Waals surface area contributed by atoms with Crippen molar-refractivity contribution < 1.29 is 9.59 Å². The number of hydrogen-bond donors (Lipinski definition) is 2. The van der Waals surface area contributed by atoms with E-state index >= 15 is 0 Å². The van der Waals surface area contributed by atoms with E-state index in [-0.39, 0.29) is 18.4 Å². The van der Waals surface area contributed by atoms with Gasteiger partial charge in [-0.2, -0.15) is 4.98 Å². The normalized spacial score (nSPS) is 10.8. The molecule has 1 aromatic carbocycles. The number of benzene rings is 1. The van der Waals surface area contributed by atoms with Crippen LogP contribution in [0.2, 0.25) is 0 Å². The standard InChI is InChI=1S/C16H13N9O2/c17-15(27)12-4-2-1-3-11(12)10-5-6-13-19-16(21-25(13)7-10)20-14(26)8-24-9-18-22-23-24/h1-7,9H,8H2,(H2,17,27)(H,20,21,26). The monoisotopic (exact) mass is 363 g/mol.